The molecule has 2 saturated heterocycles. The molecule has 8 heterocycles. The van der Waals surface area contributed by atoms with Crippen LogP contribution in [0.1, 0.15) is 63.0 Å². The van der Waals surface area contributed by atoms with Gasteiger partial charge in [-0.15, -0.1) is 20.4 Å². The van der Waals surface area contributed by atoms with Gasteiger partial charge in [0.25, 0.3) is 0 Å². The number of ether oxygens (including phenoxy) is 5. The number of hydrogen-bond donors (Lipinski definition) is 1. The van der Waals surface area contributed by atoms with E-state index in [0.717, 1.165) is 83.6 Å². The lowest BCUT2D eigenvalue weighted by Crippen LogP contribution is -2.26. The molecule has 0 radical (unpaired) electrons. The molecule has 2 spiro atoms. The summed E-state index contributed by atoms with van der Waals surface area (Å²) in [5.74, 6) is 2.44. The van der Waals surface area contributed by atoms with Gasteiger partial charge in [-0.1, -0.05) is 33.5 Å². The molecule has 0 amide bonds. The third kappa shape index (κ3) is 6.02. The number of nitrogens with one attached hydrogen (secondary N) is 1. The van der Waals surface area contributed by atoms with Crippen LogP contribution in [-0.2, 0) is 30.4 Å². The van der Waals surface area contributed by atoms with Gasteiger partial charge in [0.1, 0.15) is 18.4 Å². The minimum atomic E-state index is -1.09. The lowest BCUT2D eigenvalue weighted by molar-refractivity contribution is -0.153. The smallest absolute Gasteiger partial charge is 0.179 e. The molecule has 6 aromatic rings. The fraction of sp³-hybridized carbons (Fsp3) is 0.611. The summed E-state index contributed by atoms with van der Waals surface area (Å²) in [6.07, 6.45) is 11.0. The Morgan fingerprint density at radius 3 is 1.94 bits per heavy atom. The molecule has 276 valence electrons. The van der Waals surface area contributed by atoms with Gasteiger partial charge < -0.3 is 33.2 Å². The first kappa shape index (κ1) is 34.0. The molecule has 4 unspecified atom stereocenters. The van der Waals surface area contributed by atoms with Crippen LogP contribution in [0.3, 0.4) is 0 Å². The fourth-order valence-corrected chi connectivity index (χ4v) is 9.47. The Morgan fingerprint density at radius 2 is 1.35 bits per heavy atom. The van der Waals surface area contributed by atoms with Crippen molar-refractivity contribution in [2.75, 3.05) is 33.0 Å². The molecule has 0 bridgehead atoms. The summed E-state index contributed by atoms with van der Waals surface area (Å²) in [6, 6.07) is 5.26. The number of hydrogen-bond acceptors (Lipinski definition) is 11. The molecular formula is C36H48N10O5Si. The van der Waals surface area contributed by atoms with Crippen LogP contribution in [0.4, 0.5) is 0 Å². The average Bonchev–Trinajstić information content (AvgIpc) is 3.96. The van der Waals surface area contributed by atoms with Crippen LogP contribution in [0.25, 0.3) is 33.6 Å². The third-order valence-corrected chi connectivity index (χ3v) is 13.1. The summed E-state index contributed by atoms with van der Waals surface area (Å²) < 4.78 is 36.0. The zero-order valence-corrected chi connectivity index (χ0v) is 31.6. The van der Waals surface area contributed by atoms with Crippen molar-refractivity contribution in [1.82, 2.24) is 48.7 Å². The zero-order chi connectivity index (χ0) is 35.7. The van der Waals surface area contributed by atoms with E-state index in [9.17, 15) is 0 Å². The van der Waals surface area contributed by atoms with Crippen LogP contribution in [0, 0.1) is 11.8 Å². The highest BCUT2D eigenvalue weighted by atomic mass is 28.3. The highest BCUT2D eigenvalue weighted by molar-refractivity contribution is 6.76. The maximum Gasteiger partial charge on any atom is 0.179 e. The van der Waals surface area contributed by atoms with Gasteiger partial charge in [0.15, 0.2) is 34.2 Å². The summed E-state index contributed by atoms with van der Waals surface area (Å²) in [6.45, 7) is 15.6. The van der Waals surface area contributed by atoms with E-state index in [1.807, 2.05) is 18.5 Å². The van der Waals surface area contributed by atoms with E-state index < -0.39 is 19.6 Å². The van der Waals surface area contributed by atoms with Gasteiger partial charge in [0.05, 0.1) is 49.9 Å². The Balaban J connectivity index is 0.000000145. The summed E-state index contributed by atoms with van der Waals surface area (Å²) in [5, 5.41) is 17.7. The van der Waals surface area contributed by atoms with Crippen molar-refractivity contribution in [2.45, 2.75) is 95.4 Å². The van der Waals surface area contributed by atoms with Crippen molar-refractivity contribution in [3.8, 4) is 0 Å². The number of aromatic amines is 1. The molecule has 15 nitrogen and oxygen atoms in total. The standard InChI is InChI=1S/C21H31N5O3Si.C15H17N5O2/c1-15-11-21(28-7-8-29-21)12-16(15)19-24-23-18-13-22-20-17(26(18)19)5-6-25(20)14-27-9-10-30(2,3)4;1-9-6-15(21-4-5-22-15)7-10(9)14-19-18-12-8-17-13-11(20(12)14)2-3-16-13/h5-6,13,15-16H,7-12,14H2,1-4H3;2-3,8-10,16H,4-7H2,1H3. The van der Waals surface area contributed by atoms with E-state index in [-0.39, 0.29) is 11.8 Å². The van der Waals surface area contributed by atoms with Crippen molar-refractivity contribution in [3.63, 3.8) is 0 Å². The molecule has 2 aliphatic heterocycles. The van der Waals surface area contributed by atoms with Gasteiger partial charge >= 0.3 is 0 Å². The number of rotatable bonds is 7. The molecule has 4 atom stereocenters. The lowest BCUT2D eigenvalue weighted by atomic mass is 9.97. The Hall–Kier alpha value is -3.80. The molecule has 2 saturated carbocycles. The molecule has 2 aliphatic carbocycles. The van der Waals surface area contributed by atoms with Gasteiger partial charge in [0.2, 0.25) is 0 Å². The zero-order valence-electron chi connectivity index (χ0n) is 30.6. The van der Waals surface area contributed by atoms with E-state index >= 15 is 0 Å². The lowest BCUT2D eigenvalue weighted by Gasteiger charge is -2.21. The second-order valence-corrected chi connectivity index (χ2v) is 21.9. The van der Waals surface area contributed by atoms with Crippen molar-refractivity contribution < 1.29 is 23.7 Å². The minimum absolute atomic E-state index is 0.236. The van der Waals surface area contributed by atoms with E-state index in [2.05, 4.69) is 88.3 Å². The summed E-state index contributed by atoms with van der Waals surface area (Å²) >= 11 is 0. The van der Waals surface area contributed by atoms with Crippen LogP contribution < -0.4 is 0 Å². The molecule has 4 fully saturated rings. The van der Waals surface area contributed by atoms with E-state index in [4.69, 9.17) is 23.7 Å². The Labute approximate surface area is 302 Å². The Kier molecular flexibility index (Phi) is 8.47. The highest BCUT2D eigenvalue weighted by Crippen LogP contribution is 2.50. The molecule has 10 rings (SSSR count). The predicted octanol–water partition coefficient (Wildman–Crippen LogP) is 5.51. The maximum absolute atomic E-state index is 5.97. The van der Waals surface area contributed by atoms with Gasteiger partial charge in [-0.05, 0) is 30.0 Å². The van der Waals surface area contributed by atoms with Gasteiger partial charge in [-0.3, -0.25) is 8.80 Å². The largest absolute Gasteiger partial charge is 0.361 e. The van der Waals surface area contributed by atoms with Crippen molar-refractivity contribution >= 4 is 41.7 Å². The molecule has 0 aromatic carbocycles. The second-order valence-electron chi connectivity index (χ2n) is 16.3. The summed E-state index contributed by atoms with van der Waals surface area (Å²) in [5.41, 5.74) is 5.33. The minimum Gasteiger partial charge on any atom is -0.361 e. The number of H-pyrrole nitrogens is 1. The van der Waals surface area contributed by atoms with Crippen molar-refractivity contribution in [3.05, 3.63) is 48.6 Å². The predicted molar refractivity (Wildman–Crippen MR) is 195 cm³/mol. The molecule has 52 heavy (non-hydrogen) atoms. The summed E-state index contributed by atoms with van der Waals surface area (Å²) in [4.78, 5) is 12.2. The first-order valence-electron chi connectivity index (χ1n) is 18.6. The van der Waals surface area contributed by atoms with Gasteiger partial charge in [0, 0.05) is 64.6 Å². The number of fused-ring (bicyclic) bond motifs is 6. The van der Waals surface area contributed by atoms with E-state index in [1.165, 1.54) is 0 Å². The van der Waals surface area contributed by atoms with Crippen LogP contribution in [0.5, 0.6) is 0 Å². The SMILES string of the molecule is CC1CC2(CC1c1nnc3cnc4[nH]ccc4n13)OCCO2.CC1CC2(CC1c1nnc3cnc4c(ccn4COCC[Si](C)(C)C)n13)OCCO2. The van der Waals surface area contributed by atoms with Crippen LogP contribution in [-0.4, -0.2) is 101 Å². The Morgan fingerprint density at radius 1 is 0.769 bits per heavy atom. The number of nitrogens with zero attached hydrogens (tertiary/aromatic N) is 9. The first-order chi connectivity index (χ1) is 25.1. The highest BCUT2D eigenvalue weighted by Gasteiger charge is 2.51. The molecule has 1 N–H and O–H groups in total. The van der Waals surface area contributed by atoms with Crippen LogP contribution in [0.15, 0.2) is 36.9 Å². The molecule has 6 aromatic heterocycles. The number of aromatic nitrogens is 10. The van der Waals surface area contributed by atoms with E-state index in [1.54, 1.807) is 12.4 Å². The first-order valence-corrected chi connectivity index (χ1v) is 22.3. The van der Waals surface area contributed by atoms with Crippen LogP contribution in [0.2, 0.25) is 25.7 Å². The monoisotopic (exact) mass is 728 g/mol. The topological polar surface area (TPSA) is 153 Å². The fourth-order valence-electron chi connectivity index (χ4n) is 8.71. The second kappa shape index (κ2) is 12.9. The third-order valence-electron chi connectivity index (χ3n) is 11.4. The quantitative estimate of drug-likeness (QED) is 0.164. The van der Waals surface area contributed by atoms with E-state index in [0.29, 0.717) is 45.0 Å². The Bertz CT molecular complexity index is 2210. The molecule has 4 aliphatic rings. The average molecular weight is 729 g/mol. The van der Waals surface area contributed by atoms with Crippen LogP contribution >= 0.6 is 0 Å². The molecular weight excluding hydrogens is 681 g/mol. The van der Waals surface area contributed by atoms with Gasteiger partial charge in [-0.25, -0.2) is 9.97 Å². The summed E-state index contributed by atoms with van der Waals surface area (Å²) in [7, 11) is -1.09. The van der Waals surface area contributed by atoms with Gasteiger partial charge in [-0.2, -0.15) is 0 Å². The van der Waals surface area contributed by atoms with Crippen molar-refractivity contribution in [1.29, 1.82) is 0 Å². The maximum atomic E-state index is 5.97. The molecule has 16 heteroatoms. The normalized spacial score (nSPS) is 25.5. The van der Waals surface area contributed by atoms with Crippen molar-refractivity contribution in [2.24, 2.45) is 11.8 Å².